The van der Waals surface area contributed by atoms with Gasteiger partial charge in [-0.2, -0.15) is 13.2 Å². The van der Waals surface area contributed by atoms with Gasteiger partial charge in [0.2, 0.25) is 0 Å². The number of halogens is 3. The monoisotopic (exact) mass is 552 g/mol. The summed E-state index contributed by atoms with van der Waals surface area (Å²) < 4.78 is 51.8. The van der Waals surface area contributed by atoms with Gasteiger partial charge in [0.1, 0.15) is 18.7 Å². The minimum Gasteiger partial charge on any atom is -0.492 e. The summed E-state index contributed by atoms with van der Waals surface area (Å²) >= 11 is 0. The summed E-state index contributed by atoms with van der Waals surface area (Å²) in [6, 6.07) is 14.2. The van der Waals surface area contributed by atoms with Crippen molar-refractivity contribution in [2.75, 3.05) is 44.8 Å². The molecule has 4 aromatic rings. The zero-order valence-corrected chi connectivity index (χ0v) is 21.7. The molecule has 1 N–H and O–H groups in total. The molecule has 3 aromatic carbocycles. The average Bonchev–Trinajstić information content (AvgIpc) is 2.95. The molecular formula is C29H27F3N4O4. The van der Waals surface area contributed by atoms with Crippen molar-refractivity contribution in [1.82, 2.24) is 14.5 Å². The van der Waals surface area contributed by atoms with Crippen LogP contribution in [0.1, 0.15) is 21.5 Å². The lowest BCUT2D eigenvalue weighted by atomic mass is 10.1. The smallest absolute Gasteiger partial charge is 0.416 e. The fourth-order valence-corrected chi connectivity index (χ4v) is 4.47. The van der Waals surface area contributed by atoms with Crippen LogP contribution in [0.3, 0.4) is 0 Å². The van der Waals surface area contributed by atoms with E-state index in [2.05, 4.69) is 15.2 Å². The lowest BCUT2D eigenvalue weighted by Crippen LogP contribution is -2.38. The molecule has 0 unspecified atom stereocenters. The van der Waals surface area contributed by atoms with Crippen molar-refractivity contribution >= 4 is 22.5 Å². The first-order chi connectivity index (χ1) is 19.2. The van der Waals surface area contributed by atoms with Gasteiger partial charge in [-0.3, -0.25) is 19.1 Å². The van der Waals surface area contributed by atoms with Crippen LogP contribution in [0.5, 0.6) is 5.75 Å². The number of alkyl halides is 3. The lowest BCUT2D eigenvalue weighted by molar-refractivity contribution is -0.137. The van der Waals surface area contributed by atoms with Crippen LogP contribution in [-0.2, 0) is 10.9 Å². The van der Waals surface area contributed by atoms with Gasteiger partial charge >= 0.3 is 6.18 Å². The molecule has 1 aliphatic rings. The van der Waals surface area contributed by atoms with Gasteiger partial charge in [-0.15, -0.1) is 0 Å². The molecule has 8 nitrogen and oxygen atoms in total. The van der Waals surface area contributed by atoms with E-state index in [0.29, 0.717) is 47.8 Å². The zero-order valence-electron chi connectivity index (χ0n) is 21.7. The third-order valence-corrected chi connectivity index (χ3v) is 6.69. The molecule has 1 saturated heterocycles. The molecule has 1 fully saturated rings. The maximum atomic E-state index is 13.5. The normalized spacial score (nSPS) is 14.3. The number of fused-ring (bicyclic) bond motifs is 1. The second-order valence-electron chi connectivity index (χ2n) is 9.44. The molecule has 1 aromatic heterocycles. The summed E-state index contributed by atoms with van der Waals surface area (Å²) in [5.74, 6) is -0.153. The molecular weight excluding hydrogens is 525 g/mol. The lowest BCUT2D eigenvalue weighted by Gasteiger charge is -2.26. The van der Waals surface area contributed by atoms with Crippen LogP contribution < -0.4 is 15.6 Å². The van der Waals surface area contributed by atoms with Crippen LogP contribution in [0.4, 0.5) is 18.9 Å². The van der Waals surface area contributed by atoms with Crippen molar-refractivity contribution < 1.29 is 27.4 Å². The molecule has 0 bridgehead atoms. The highest BCUT2D eigenvalue weighted by molar-refractivity contribution is 6.04. The Morgan fingerprint density at radius 3 is 2.65 bits per heavy atom. The van der Waals surface area contributed by atoms with Gasteiger partial charge in [0.25, 0.3) is 11.5 Å². The van der Waals surface area contributed by atoms with Crippen molar-refractivity contribution in [3.63, 3.8) is 0 Å². The fraction of sp³-hybridized carbons (Fsp3) is 0.276. The third kappa shape index (κ3) is 6.16. The van der Waals surface area contributed by atoms with Crippen LogP contribution in [0.15, 0.2) is 71.8 Å². The first kappa shape index (κ1) is 27.4. The highest BCUT2D eigenvalue weighted by atomic mass is 19.4. The molecule has 40 heavy (non-hydrogen) atoms. The Bertz CT molecular complexity index is 1600. The fourth-order valence-electron chi connectivity index (χ4n) is 4.47. The largest absolute Gasteiger partial charge is 0.492 e. The van der Waals surface area contributed by atoms with E-state index in [4.69, 9.17) is 9.47 Å². The van der Waals surface area contributed by atoms with E-state index in [-0.39, 0.29) is 11.1 Å². The van der Waals surface area contributed by atoms with E-state index < -0.39 is 17.6 Å². The number of aromatic nitrogens is 2. The van der Waals surface area contributed by atoms with E-state index >= 15 is 0 Å². The summed E-state index contributed by atoms with van der Waals surface area (Å²) in [6.45, 7) is 6.13. The second-order valence-corrected chi connectivity index (χ2v) is 9.44. The molecule has 5 rings (SSSR count). The van der Waals surface area contributed by atoms with Gasteiger partial charge in [-0.1, -0.05) is 12.1 Å². The molecule has 11 heteroatoms. The van der Waals surface area contributed by atoms with E-state index in [1.165, 1.54) is 23.0 Å². The summed E-state index contributed by atoms with van der Waals surface area (Å²) in [5, 5.41) is 2.98. The van der Waals surface area contributed by atoms with Crippen molar-refractivity contribution in [1.29, 1.82) is 0 Å². The number of benzene rings is 3. The van der Waals surface area contributed by atoms with Crippen LogP contribution in [0, 0.1) is 6.92 Å². The molecule has 0 atom stereocenters. The van der Waals surface area contributed by atoms with Gasteiger partial charge in [-0.05, 0) is 61.0 Å². The van der Waals surface area contributed by atoms with Crippen LogP contribution in [-0.4, -0.2) is 59.8 Å². The Morgan fingerprint density at radius 1 is 1.07 bits per heavy atom. The van der Waals surface area contributed by atoms with Crippen molar-refractivity contribution in [2.24, 2.45) is 0 Å². The maximum absolute atomic E-state index is 13.5. The highest BCUT2D eigenvalue weighted by Crippen LogP contribution is 2.30. The van der Waals surface area contributed by atoms with Gasteiger partial charge in [0, 0.05) is 30.9 Å². The third-order valence-electron chi connectivity index (χ3n) is 6.69. The van der Waals surface area contributed by atoms with E-state index in [0.717, 1.165) is 37.3 Å². The number of anilines is 1. The number of carbonyl (C=O) groups is 1. The Labute approximate surface area is 228 Å². The number of hydrogen-bond donors (Lipinski definition) is 1. The predicted molar refractivity (Wildman–Crippen MR) is 144 cm³/mol. The number of morpholine rings is 1. The van der Waals surface area contributed by atoms with Crippen molar-refractivity contribution in [2.45, 2.75) is 13.1 Å². The van der Waals surface area contributed by atoms with Gasteiger partial charge in [0.05, 0.1) is 35.4 Å². The summed E-state index contributed by atoms with van der Waals surface area (Å²) in [4.78, 5) is 32.9. The number of ether oxygens (including phenoxy) is 2. The van der Waals surface area contributed by atoms with Crippen LogP contribution in [0.25, 0.3) is 16.6 Å². The number of nitrogens with zero attached hydrogens (tertiary/aromatic N) is 3. The molecule has 0 radical (unpaired) electrons. The van der Waals surface area contributed by atoms with Crippen LogP contribution in [0.2, 0.25) is 0 Å². The first-order valence-corrected chi connectivity index (χ1v) is 12.7. The summed E-state index contributed by atoms with van der Waals surface area (Å²) in [6.07, 6.45) is -3.16. The quantitative estimate of drug-likeness (QED) is 0.359. The van der Waals surface area contributed by atoms with Crippen molar-refractivity contribution in [3.05, 3.63) is 94.0 Å². The molecule has 0 spiro atoms. The van der Waals surface area contributed by atoms with E-state index in [9.17, 15) is 22.8 Å². The Kier molecular flexibility index (Phi) is 7.85. The van der Waals surface area contributed by atoms with Crippen molar-refractivity contribution in [3.8, 4) is 11.4 Å². The standard InChI is InChI=1S/C29H27F3N4O4/c1-19-5-6-22(34-27(37)20-3-2-4-21(15-20)29(30,31)32)16-26(19)36-18-33-25-8-7-23(17-24(25)28(36)38)40-14-11-35-9-12-39-13-10-35/h2-8,15-18H,9-14H2,1H3,(H,34,37). The summed E-state index contributed by atoms with van der Waals surface area (Å²) in [5.41, 5.74) is 0.653. The minimum atomic E-state index is -4.56. The van der Waals surface area contributed by atoms with Gasteiger partial charge < -0.3 is 14.8 Å². The number of amides is 1. The number of nitrogens with one attached hydrogen (secondary N) is 1. The molecule has 1 aliphatic heterocycles. The second kappa shape index (κ2) is 11.5. The molecule has 208 valence electrons. The Hall–Kier alpha value is -4.22. The predicted octanol–water partition coefficient (Wildman–Crippen LogP) is 4.68. The van der Waals surface area contributed by atoms with Gasteiger partial charge in [0.15, 0.2) is 0 Å². The molecule has 0 saturated carbocycles. The zero-order chi connectivity index (χ0) is 28.3. The molecule has 2 heterocycles. The maximum Gasteiger partial charge on any atom is 0.416 e. The first-order valence-electron chi connectivity index (χ1n) is 12.7. The topological polar surface area (TPSA) is 85.7 Å². The van der Waals surface area contributed by atoms with E-state index in [1.54, 1.807) is 43.3 Å². The number of aryl methyl sites for hydroxylation is 1. The molecule has 1 amide bonds. The SMILES string of the molecule is Cc1ccc(NC(=O)c2cccc(C(F)(F)F)c2)cc1-n1cnc2ccc(OCCN3CCOCC3)cc2c1=O. The number of carbonyl (C=O) groups excluding carboxylic acids is 1. The average molecular weight is 553 g/mol. The van der Waals surface area contributed by atoms with E-state index in [1.807, 2.05) is 0 Å². The minimum absolute atomic E-state index is 0.136. The number of hydrogen-bond acceptors (Lipinski definition) is 6. The Morgan fingerprint density at radius 2 is 1.88 bits per heavy atom. The molecule has 0 aliphatic carbocycles. The van der Waals surface area contributed by atoms with Crippen LogP contribution >= 0.6 is 0 Å². The number of rotatable bonds is 7. The highest BCUT2D eigenvalue weighted by Gasteiger charge is 2.31. The van der Waals surface area contributed by atoms with Gasteiger partial charge in [-0.25, -0.2) is 4.98 Å². The Balaban J connectivity index is 1.37. The summed E-state index contributed by atoms with van der Waals surface area (Å²) in [7, 11) is 0.